The molecule has 4 aliphatic heterocycles. The Morgan fingerprint density at radius 1 is 0.824 bits per heavy atom. The predicted molar refractivity (Wildman–Crippen MR) is 252 cm³/mol. The summed E-state index contributed by atoms with van der Waals surface area (Å²) in [6.45, 7) is 7.35. The van der Waals surface area contributed by atoms with Gasteiger partial charge in [0.15, 0.2) is 6.61 Å². The number of rotatable bonds is 14. The standard InChI is InChI=1S/C51H50ClN7O9/c1-28-43(29(2)55(3)54-28)45-37(52)17-16-35-34(13-8-22-67-39-14-6-10-30-9-4-5-11-33(30)39)47(51(65)66)58(46(35)45)21-20-56-23-31-25-57(26-32(31)24-56)42(61)27-68-40-15-7-12-36-44(40)50(64)59(49(36)63)38-18-19-41(60)53-48(38)62/h4-7,9-12,14-17,31-32,38H,8,13,18-27H2,1-3H3,(H,65,66)(H,53,60,62)/t31-,32+,38?. The number of carboxylic acid groups (broad SMARTS) is 1. The largest absolute Gasteiger partial charge is 0.493 e. The van der Waals surface area contributed by atoms with Crippen molar-refractivity contribution in [2.24, 2.45) is 18.9 Å². The van der Waals surface area contributed by atoms with Gasteiger partial charge in [0.05, 0.1) is 34.0 Å². The minimum atomic E-state index is -1.12. The third kappa shape index (κ3) is 7.84. The number of aromatic nitrogens is 3. The number of aromatic carboxylic acids is 1. The molecule has 3 saturated heterocycles. The first kappa shape index (κ1) is 44.8. The van der Waals surface area contributed by atoms with Crippen molar-refractivity contribution < 1.29 is 43.3 Å². The summed E-state index contributed by atoms with van der Waals surface area (Å²) in [7, 11) is 1.88. The maximum atomic E-state index is 13.6. The molecule has 17 heteroatoms. The maximum Gasteiger partial charge on any atom is 0.352 e. The lowest BCUT2D eigenvalue weighted by Crippen LogP contribution is -2.54. The summed E-state index contributed by atoms with van der Waals surface area (Å²) in [6.07, 6.45) is 1.07. The molecule has 6 heterocycles. The van der Waals surface area contributed by atoms with Crippen LogP contribution in [0.5, 0.6) is 11.5 Å². The highest BCUT2D eigenvalue weighted by molar-refractivity contribution is 6.35. The van der Waals surface area contributed by atoms with Crippen molar-refractivity contribution >= 4 is 68.8 Å². The van der Waals surface area contributed by atoms with Crippen molar-refractivity contribution in [2.45, 2.75) is 52.1 Å². The number of carboxylic acids is 1. The molecule has 0 aliphatic carbocycles. The summed E-state index contributed by atoms with van der Waals surface area (Å²) in [5, 5.41) is 21.3. The second kappa shape index (κ2) is 17.9. The summed E-state index contributed by atoms with van der Waals surface area (Å²) in [5.74, 6) is -2.59. The second-order valence-electron chi connectivity index (χ2n) is 18.2. The number of hydrogen-bond donors (Lipinski definition) is 2. The number of nitrogens with one attached hydrogen (secondary N) is 1. The Balaban J connectivity index is 0.832. The molecule has 0 bridgehead atoms. The number of likely N-dealkylation sites (tertiary alicyclic amines) is 2. The van der Waals surface area contributed by atoms with Crippen molar-refractivity contribution in [2.75, 3.05) is 45.9 Å². The van der Waals surface area contributed by atoms with Gasteiger partial charge in [0.1, 0.15) is 23.2 Å². The highest BCUT2D eigenvalue weighted by atomic mass is 35.5. The second-order valence-corrected chi connectivity index (χ2v) is 18.6. The minimum absolute atomic E-state index is 0.00164. The van der Waals surface area contributed by atoms with E-state index in [-0.39, 0.29) is 59.8 Å². The van der Waals surface area contributed by atoms with E-state index in [1.165, 1.54) is 12.1 Å². The molecule has 6 aromatic rings. The number of amides is 5. The molecule has 0 radical (unpaired) electrons. The molecule has 4 aromatic carbocycles. The van der Waals surface area contributed by atoms with Gasteiger partial charge in [-0.2, -0.15) is 5.10 Å². The maximum absolute atomic E-state index is 13.6. The van der Waals surface area contributed by atoms with E-state index in [9.17, 15) is 33.9 Å². The molecule has 3 fully saturated rings. The fraction of sp³-hybridized carbons (Fsp3) is 0.353. The highest BCUT2D eigenvalue weighted by Gasteiger charge is 2.47. The Morgan fingerprint density at radius 3 is 2.29 bits per heavy atom. The van der Waals surface area contributed by atoms with Crippen LogP contribution in [0.2, 0.25) is 5.02 Å². The number of imide groups is 2. The molecular formula is C51H50ClN7O9. The number of fused-ring (bicyclic) bond motifs is 4. The zero-order chi connectivity index (χ0) is 47.5. The number of halogens is 1. The van der Waals surface area contributed by atoms with Gasteiger partial charge < -0.3 is 28.9 Å². The topological polar surface area (TPSA) is 186 Å². The van der Waals surface area contributed by atoms with E-state index >= 15 is 0 Å². The molecule has 350 valence electrons. The molecule has 4 aliphatic rings. The smallest absolute Gasteiger partial charge is 0.352 e. The van der Waals surface area contributed by atoms with E-state index in [0.717, 1.165) is 60.4 Å². The monoisotopic (exact) mass is 939 g/mol. The molecule has 16 nitrogen and oxygen atoms in total. The van der Waals surface area contributed by atoms with E-state index in [1.807, 2.05) is 84.7 Å². The Hall–Kier alpha value is -7.04. The summed E-state index contributed by atoms with van der Waals surface area (Å²) in [5.41, 5.74) is 5.11. The van der Waals surface area contributed by atoms with Crippen molar-refractivity contribution in [3.8, 4) is 22.6 Å². The van der Waals surface area contributed by atoms with Gasteiger partial charge in [-0.25, -0.2) is 4.79 Å². The van der Waals surface area contributed by atoms with Gasteiger partial charge in [0.2, 0.25) is 11.8 Å². The zero-order valence-corrected chi connectivity index (χ0v) is 38.7. The normalized spacial score (nSPS) is 19.3. The van der Waals surface area contributed by atoms with Crippen LogP contribution < -0.4 is 14.8 Å². The van der Waals surface area contributed by atoms with Crippen molar-refractivity contribution in [3.63, 3.8) is 0 Å². The van der Waals surface area contributed by atoms with Crippen LogP contribution >= 0.6 is 11.6 Å². The number of carbonyl (C=O) groups excluding carboxylic acids is 5. The average molecular weight is 940 g/mol. The van der Waals surface area contributed by atoms with Crippen LogP contribution in [0.1, 0.15) is 67.4 Å². The van der Waals surface area contributed by atoms with Crippen molar-refractivity contribution in [3.05, 3.63) is 112 Å². The van der Waals surface area contributed by atoms with E-state index in [0.29, 0.717) is 63.7 Å². The van der Waals surface area contributed by atoms with Gasteiger partial charge in [0, 0.05) is 80.3 Å². The molecular weight excluding hydrogens is 890 g/mol. The Bertz CT molecular complexity index is 3090. The SMILES string of the molecule is Cc1nn(C)c(C)c1-c1c(Cl)ccc2c(CCCOc3cccc4ccccc34)c(C(=O)O)n(CCN3C[C@@H]4CN(C(=O)COc5cccc6c5C(=O)N(C5CCC(=O)NC5=O)C6=O)C[C@@H]4C3)c12. The molecule has 2 aromatic heterocycles. The van der Waals surface area contributed by atoms with Crippen LogP contribution in [0.3, 0.4) is 0 Å². The van der Waals surface area contributed by atoms with Gasteiger partial charge in [-0.05, 0) is 80.2 Å². The number of nitrogens with zero attached hydrogens (tertiary/aromatic N) is 6. The minimum Gasteiger partial charge on any atom is -0.493 e. The van der Waals surface area contributed by atoms with Crippen LogP contribution in [0.15, 0.2) is 72.8 Å². The van der Waals surface area contributed by atoms with E-state index in [4.69, 9.17) is 26.2 Å². The van der Waals surface area contributed by atoms with E-state index in [2.05, 4.69) is 10.2 Å². The number of carbonyl (C=O) groups is 6. The van der Waals surface area contributed by atoms with Crippen LogP contribution in [-0.4, -0.2) is 122 Å². The Kier molecular flexibility index (Phi) is 11.8. The fourth-order valence-electron chi connectivity index (χ4n) is 10.9. The van der Waals surface area contributed by atoms with Crippen LogP contribution in [0.25, 0.3) is 32.8 Å². The molecule has 0 spiro atoms. The molecule has 3 atom stereocenters. The van der Waals surface area contributed by atoms with E-state index in [1.54, 1.807) is 11.0 Å². The lowest BCUT2D eigenvalue weighted by Gasteiger charge is -2.27. The first-order chi connectivity index (χ1) is 32.8. The first-order valence-electron chi connectivity index (χ1n) is 22.9. The summed E-state index contributed by atoms with van der Waals surface area (Å²) in [6, 6.07) is 21.2. The Labute approximate surface area is 396 Å². The predicted octanol–water partition coefficient (Wildman–Crippen LogP) is 6.05. The molecule has 2 N–H and O–H groups in total. The van der Waals surface area contributed by atoms with Gasteiger partial charge in [-0.1, -0.05) is 60.1 Å². The lowest BCUT2D eigenvalue weighted by atomic mass is 9.98. The molecule has 0 saturated carbocycles. The molecule has 1 unspecified atom stereocenters. The average Bonchev–Trinajstić information content (AvgIpc) is 4.10. The van der Waals surface area contributed by atoms with Gasteiger partial charge >= 0.3 is 5.97 Å². The third-order valence-electron chi connectivity index (χ3n) is 14.2. The lowest BCUT2D eigenvalue weighted by molar-refractivity contribution is -0.136. The summed E-state index contributed by atoms with van der Waals surface area (Å²) < 4.78 is 16.0. The van der Waals surface area contributed by atoms with Crippen LogP contribution in [0, 0.1) is 25.7 Å². The zero-order valence-electron chi connectivity index (χ0n) is 37.9. The third-order valence-corrected chi connectivity index (χ3v) is 14.5. The summed E-state index contributed by atoms with van der Waals surface area (Å²) >= 11 is 7.09. The quantitative estimate of drug-likeness (QED) is 0.0958. The van der Waals surface area contributed by atoms with Crippen LogP contribution in [-0.2, 0) is 34.4 Å². The first-order valence-corrected chi connectivity index (χ1v) is 23.3. The number of aryl methyl sites for hydroxylation is 3. The van der Waals surface area contributed by atoms with Gasteiger partial charge in [0.25, 0.3) is 17.7 Å². The van der Waals surface area contributed by atoms with Gasteiger partial charge in [-0.15, -0.1) is 0 Å². The van der Waals surface area contributed by atoms with Gasteiger partial charge in [-0.3, -0.25) is 38.9 Å². The van der Waals surface area contributed by atoms with E-state index < -0.39 is 35.6 Å². The number of hydrogen-bond acceptors (Lipinski definition) is 10. The molecule has 68 heavy (non-hydrogen) atoms. The van der Waals surface area contributed by atoms with Crippen molar-refractivity contribution in [1.82, 2.24) is 34.4 Å². The van der Waals surface area contributed by atoms with Crippen LogP contribution in [0.4, 0.5) is 0 Å². The van der Waals surface area contributed by atoms with Crippen molar-refractivity contribution in [1.29, 1.82) is 0 Å². The summed E-state index contributed by atoms with van der Waals surface area (Å²) in [4.78, 5) is 83.2. The Morgan fingerprint density at radius 2 is 1.56 bits per heavy atom. The molecule has 5 amide bonds. The number of ether oxygens (including phenoxy) is 2. The number of piperidine rings is 1. The molecule has 10 rings (SSSR count). The highest BCUT2D eigenvalue weighted by Crippen LogP contribution is 2.43. The fourth-order valence-corrected chi connectivity index (χ4v) is 11.1. The number of benzene rings is 4.